The summed E-state index contributed by atoms with van der Waals surface area (Å²) in [7, 11) is 1.93. The van der Waals surface area contributed by atoms with Gasteiger partial charge in [0.15, 0.2) is 0 Å². The van der Waals surface area contributed by atoms with Crippen LogP contribution >= 0.6 is 11.6 Å². The quantitative estimate of drug-likeness (QED) is 0.633. The number of phenols is 1. The SMILES string of the molecule is CN(c1ccc(Cl)cc1)c1ccc(O)c(N)c1. The standard InChI is InChI=1S/C13H13ClN2O/c1-16(10-4-2-9(14)3-5-10)11-6-7-13(17)12(15)8-11/h2-8,17H,15H2,1H3. The molecule has 2 rings (SSSR count). The maximum atomic E-state index is 9.37. The highest BCUT2D eigenvalue weighted by Gasteiger charge is 2.05. The van der Waals surface area contributed by atoms with Crippen molar-refractivity contribution in [2.75, 3.05) is 17.7 Å². The molecular formula is C13H13ClN2O. The molecule has 0 radical (unpaired) electrons. The monoisotopic (exact) mass is 248 g/mol. The third-order valence-corrected chi connectivity index (χ3v) is 2.86. The third-order valence-electron chi connectivity index (χ3n) is 2.61. The van der Waals surface area contributed by atoms with E-state index in [-0.39, 0.29) is 5.75 Å². The molecule has 3 nitrogen and oxygen atoms in total. The molecule has 0 aliphatic rings. The van der Waals surface area contributed by atoms with Crippen LogP contribution in [0.5, 0.6) is 5.75 Å². The Morgan fingerprint density at radius 1 is 1.06 bits per heavy atom. The first-order valence-corrected chi connectivity index (χ1v) is 5.53. The molecule has 0 saturated heterocycles. The minimum absolute atomic E-state index is 0.0956. The average molecular weight is 249 g/mol. The number of phenolic OH excluding ortho intramolecular Hbond substituents is 1. The van der Waals surface area contributed by atoms with Gasteiger partial charge in [-0.25, -0.2) is 0 Å². The molecule has 0 aliphatic heterocycles. The zero-order chi connectivity index (χ0) is 12.4. The highest BCUT2D eigenvalue weighted by molar-refractivity contribution is 6.30. The highest BCUT2D eigenvalue weighted by Crippen LogP contribution is 2.30. The van der Waals surface area contributed by atoms with Crippen molar-refractivity contribution in [1.82, 2.24) is 0 Å². The number of hydrogen-bond donors (Lipinski definition) is 2. The fourth-order valence-electron chi connectivity index (χ4n) is 1.56. The lowest BCUT2D eigenvalue weighted by Crippen LogP contribution is -2.09. The minimum Gasteiger partial charge on any atom is -0.506 e. The van der Waals surface area contributed by atoms with Crippen LogP contribution in [0.1, 0.15) is 0 Å². The molecule has 17 heavy (non-hydrogen) atoms. The van der Waals surface area contributed by atoms with Crippen molar-refractivity contribution >= 4 is 28.7 Å². The van der Waals surface area contributed by atoms with Crippen LogP contribution < -0.4 is 10.6 Å². The number of halogens is 1. The van der Waals surface area contributed by atoms with Gasteiger partial charge in [-0.3, -0.25) is 0 Å². The van der Waals surface area contributed by atoms with Gasteiger partial charge in [0.1, 0.15) is 5.75 Å². The molecule has 88 valence electrons. The van der Waals surface area contributed by atoms with Crippen LogP contribution in [0.3, 0.4) is 0 Å². The van der Waals surface area contributed by atoms with Crippen LogP contribution in [-0.4, -0.2) is 12.2 Å². The van der Waals surface area contributed by atoms with E-state index in [4.69, 9.17) is 17.3 Å². The number of benzene rings is 2. The van der Waals surface area contributed by atoms with Crippen molar-refractivity contribution in [3.8, 4) is 5.75 Å². The first kappa shape index (κ1) is 11.6. The van der Waals surface area contributed by atoms with Crippen molar-refractivity contribution in [2.45, 2.75) is 0 Å². The van der Waals surface area contributed by atoms with Crippen LogP contribution in [0, 0.1) is 0 Å². The van der Waals surface area contributed by atoms with E-state index in [0.29, 0.717) is 10.7 Å². The molecule has 0 atom stereocenters. The zero-order valence-corrected chi connectivity index (χ0v) is 10.1. The van der Waals surface area contributed by atoms with E-state index in [1.165, 1.54) is 0 Å². The van der Waals surface area contributed by atoms with Crippen molar-refractivity contribution in [1.29, 1.82) is 0 Å². The van der Waals surface area contributed by atoms with Gasteiger partial charge < -0.3 is 15.7 Å². The van der Waals surface area contributed by atoms with E-state index < -0.39 is 0 Å². The molecule has 3 N–H and O–H groups in total. The predicted molar refractivity (Wildman–Crippen MR) is 72.0 cm³/mol. The van der Waals surface area contributed by atoms with Gasteiger partial charge in [-0.2, -0.15) is 0 Å². The molecule has 0 aliphatic carbocycles. The minimum atomic E-state index is 0.0956. The number of aromatic hydroxyl groups is 1. The number of rotatable bonds is 2. The lowest BCUT2D eigenvalue weighted by atomic mass is 10.2. The molecule has 0 amide bonds. The molecule has 0 bridgehead atoms. The van der Waals surface area contributed by atoms with Gasteiger partial charge in [-0.15, -0.1) is 0 Å². The van der Waals surface area contributed by atoms with E-state index >= 15 is 0 Å². The highest BCUT2D eigenvalue weighted by atomic mass is 35.5. The van der Waals surface area contributed by atoms with E-state index in [0.717, 1.165) is 11.4 Å². The summed E-state index contributed by atoms with van der Waals surface area (Å²) in [6, 6.07) is 12.6. The summed E-state index contributed by atoms with van der Waals surface area (Å²) >= 11 is 5.84. The van der Waals surface area contributed by atoms with Gasteiger partial charge in [0, 0.05) is 23.4 Å². The van der Waals surface area contributed by atoms with Gasteiger partial charge in [-0.05, 0) is 42.5 Å². The van der Waals surface area contributed by atoms with Gasteiger partial charge in [0.05, 0.1) is 5.69 Å². The van der Waals surface area contributed by atoms with Gasteiger partial charge in [-0.1, -0.05) is 11.6 Å². The smallest absolute Gasteiger partial charge is 0.138 e. The maximum absolute atomic E-state index is 9.37. The Kier molecular flexibility index (Phi) is 3.11. The van der Waals surface area contributed by atoms with E-state index in [1.807, 2.05) is 36.2 Å². The van der Waals surface area contributed by atoms with Crippen molar-refractivity contribution in [2.24, 2.45) is 0 Å². The Balaban J connectivity index is 2.33. The number of nitrogen functional groups attached to an aromatic ring is 1. The Labute approximate surface area is 105 Å². The van der Waals surface area contributed by atoms with E-state index in [2.05, 4.69) is 0 Å². The van der Waals surface area contributed by atoms with Crippen molar-refractivity contribution < 1.29 is 5.11 Å². The lowest BCUT2D eigenvalue weighted by molar-refractivity contribution is 0.478. The molecule has 2 aromatic rings. The van der Waals surface area contributed by atoms with Gasteiger partial charge in [0.25, 0.3) is 0 Å². The van der Waals surface area contributed by atoms with Crippen LogP contribution in [-0.2, 0) is 0 Å². The molecule has 0 saturated carbocycles. The van der Waals surface area contributed by atoms with Crippen molar-refractivity contribution in [3.63, 3.8) is 0 Å². The fourth-order valence-corrected chi connectivity index (χ4v) is 1.69. The normalized spacial score (nSPS) is 10.2. The summed E-state index contributed by atoms with van der Waals surface area (Å²) < 4.78 is 0. The number of nitrogens with two attached hydrogens (primary N) is 1. The van der Waals surface area contributed by atoms with Crippen LogP contribution in [0.2, 0.25) is 5.02 Å². The molecule has 2 aromatic carbocycles. The topological polar surface area (TPSA) is 49.5 Å². The summed E-state index contributed by atoms with van der Waals surface area (Å²) in [6.45, 7) is 0. The number of hydrogen-bond acceptors (Lipinski definition) is 3. The Bertz CT molecular complexity index is 525. The molecule has 0 spiro atoms. The molecule has 4 heteroatoms. The number of anilines is 3. The van der Waals surface area contributed by atoms with Crippen LogP contribution in [0.25, 0.3) is 0 Å². The number of nitrogens with zero attached hydrogens (tertiary/aromatic N) is 1. The van der Waals surface area contributed by atoms with E-state index in [1.54, 1.807) is 18.2 Å². The van der Waals surface area contributed by atoms with Crippen molar-refractivity contribution in [3.05, 3.63) is 47.5 Å². The molecule has 0 aromatic heterocycles. The predicted octanol–water partition coefficient (Wildman–Crippen LogP) is 3.40. The summed E-state index contributed by atoms with van der Waals surface area (Å²) in [5.41, 5.74) is 7.93. The Morgan fingerprint density at radius 3 is 2.24 bits per heavy atom. The molecule has 0 fully saturated rings. The summed E-state index contributed by atoms with van der Waals surface area (Å²) in [6.07, 6.45) is 0. The fraction of sp³-hybridized carbons (Fsp3) is 0.0769. The Morgan fingerprint density at radius 2 is 1.65 bits per heavy atom. The second kappa shape index (κ2) is 4.55. The van der Waals surface area contributed by atoms with E-state index in [9.17, 15) is 5.11 Å². The summed E-state index contributed by atoms with van der Waals surface area (Å²) in [4.78, 5) is 1.96. The average Bonchev–Trinajstić information content (AvgIpc) is 2.33. The molecule has 0 unspecified atom stereocenters. The van der Waals surface area contributed by atoms with Gasteiger partial charge >= 0.3 is 0 Å². The molecule has 0 heterocycles. The first-order chi connectivity index (χ1) is 8.08. The Hall–Kier alpha value is -1.87. The summed E-state index contributed by atoms with van der Waals surface area (Å²) in [5, 5.41) is 10.1. The third kappa shape index (κ3) is 2.45. The van der Waals surface area contributed by atoms with Crippen LogP contribution in [0.15, 0.2) is 42.5 Å². The second-order valence-corrected chi connectivity index (χ2v) is 4.21. The molecular weight excluding hydrogens is 236 g/mol. The first-order valence-electron chi connectivity index (χ1n) is 5.16. The second-order valence-electron chi connectivity index (χ2n) is 3.78. The van der Waals surface area contributed by atoms with Gasteiger partial charge in [0.2, 0.25) is 0 Å². The lowest BCUT2D eigenvalue weighted by Gasteiger charge is -2.20. The largest absolute Gasteiger partial charge is 0.506 e. The summed E-state index contributed by atoms with van der Waals surface area (Å²) in [5.74, 6) is 0.0956. The zero-order valence-electron chi connectivity index (χ0n) is 9.39. The van der Waals surface area contributed by atoms with Crippen LogP contribution in [0.4, 0.5) is 17.1 Å². The maximum Gasteiger partial charge on any atom is 0.138 e.